The molecule has 0 radical (unpaired) electrons. The van der Waals surface area contributed by atoms with Crippen LogP contribution in [-0.4, -0.2) is 5.91 Å². The number of carbonyl (C=O) groups is 1. The molecule has 3 rings (SSSR count). The molecule has 20 heavy (non-hydrogen) atoms. The number of primary amides is 1. The zero-order valence-electron chi connectivity index (χ0n) is 10.8. The van der Waals surface area contributed by atoms with E-state index in [0.717, 1.165) is 22.4 Å². The number of nitrogens with one attached hydrogen (secondary N) is 1. The lowest BCUT2D eigenvalue weighted by atomic mass is 10.2. The van der Waals surface area contributed by atoms with Gasteiger partial charge in [0.25, 0.3) is 0 Å². The summed E-state index contributed by atoms with van der Waals surface area (Å²) in [7, 11) is 0. The minimum atomic E-state index is -0.422. The normalized spacial score (nSPS) is 10.6. The maximum Gasteiger partial charge on any atom is 0.248 e. The lowest BCUT2D eigenvalue weighted by molar-refractivity contribution is 0.100. The minimum absolute atomic E-state index is 0.422. The smallest absolute Gasteiger partial charge is 0.248 e. The van der Waals surface area contributed by atoms with Crippen molar-refractivity contribution in [2.75, 3.05) is 5.32 Å². The van der Waals surface area contributed by atoms with Crippen molar-refractivity contribution >= 4 is 22.6 Å². The highest BCUT2D eigenvalue weighted by molar-refractivity contribution is 5.93. The quantitative estimate of drug-likeness (QED) is 0.762. The average Bonchev–Trinajstić information content (AvgIpc) is 2.88. The Hall–Kier alpha value is -2.75. The molecule has 0 aliphatic rings. The Balaban J connectivity index is 1.71. The first kappa shape index (κ1) is 12.3. The number of amides is 1. The van der Waals surface area contributed by atoms with Gasteiger partial charge in [-0.2, -0.15) is 0 Å². The van der Waals surface area contributed by atoms with Crippen LogP contribution in [0.3, 0.4) is 0 Å². The molecular formula is C16H14N2O2. The molecule has 4 heteroatoms. The van der Waals surface area contributed by atoms with Gasteiger partial charge in [-0.1, -0.05) is 18.2 Å². The van der Waals surface area contributed by atoms with Crippen LogP contribution in [0.2, 0.25) is 0 Å². The fraction of sp³-hybridized carbons (Fsp3) is 0.0625. The Morgan fingerprint density at radius 2 is 1.85 bits per heavy atom. The van der Waals surface area contributed by atoms with Crippen LogP contribution >= 0.6 is 0 Å². The molecule has 0 saturated carbocycles. The van der Waals surface area contributed by atoms with Gasteiger partial charge >= 0.3 is 0 Å². The summed E-state index contributed by atoms with van der Waals surface area (Å²) in [6.45, 7) is 0.588. The van der Waals surface area contributed by atoms with Gasteiger partial charge < -0.3 is 15.5 Å². The molecule has 0 aliphatic carbocycles. The Bertz CT molecular complexity index is 712. The Labute approximate surface area is 116 Å². The third-order valence-corrected chi connectivity index (χ3v) is 3.11. The van der Waals surface area contributed by atoms with E-state index in [9.17, 15) is 4.79 Å². The van der Waals surface area contributed by atoms with E-state index >= 15 is 0 Å². The predicted molar refractivity (Wildman–Crippen MR) is 78.5 cm³/mol. The number of rotatable bonds is 4. The van der Waals surface area contributed by atoms with Crippen molar-refractivity contribution in [1.29, 1.82) is 0 Å². The van der Waals surface area contributed by atoms with Crippen molar-refractivity contribution in [3.05, 3.63) is 65.9 Å². The van der Waals surface area contributed by atoms with Crippen LogP contribution in [0.15, 0.2) is 59.0 Å². The summed E-state index contributed by atoms with van der Waals surface area (Å²) in [6.07, 6.45) is 0. The van der Waals surface area contributed by atoms with E-state index in [0.29, 0.717) is 12.1 Å². The Morgan fingerprint density at radius 1 is 1.10 bits per heavy atom. The number of hydrogen-bond donors (Lipinski definition) is 2. The summed E-state index contributed by atoms with van der Waals surface area (Å²) >= 11 is 0. The van der Waals surface area contributed by atoms with Crippen LogP contribution in [0.25, 0.3) is 11.0 Å². The van der Waals surface area contributed by atoms with E-state index < -0.39 is 5.91 Å². The second-order valence-corrected chi connectivity index (χ2v) is 4.55. The molecule has 0 unspecified atom stereocenters. The summed E-state index contributed by atoms with van der Waals surface area (Å²) in [6, 6.07) is 17.0. The number of hydrogen-bond acceptors (Lipinski definition) is 3. The number of furan rings is 1. The SMILES string of the molecule is NC(=O)c1ccc(NCc2cc3ccccc3o2)cc1. The van der Waals surface area contributed by atoms with Crippen molar-refractivity contribution < 1.29 is 9.21 Å². The van der Waals surface area contributed by atoms with Crippen LogP contribution in [0.1, 0.15) is 16.1 Å². The molecule has 0 fully saturated rings. The van der Waals surface area contributed by atoms with Crippen molar-refractivity contribution in [3.63, 3.8) is 0 Å². The van der Waals surface area contributed by atoms with E-state index in [-0.39, 0.29) is 0 Å². The van der Waals surface area contributed by atoms with Gasteiger partial charge in [0.05, 0.1) is 6.54 Å². The number of carbonyl (C=O) groups excluding carboxylic acids is 1. The molecule has 1 heterocycles. The monoisotopic (exact) mass is 266 g/mol. The summed E-state index contributed by atoms with van der Waals surface area (Å²) in [5.74, 6) is 0.444. The summed E-state index contributed by atoms with van der Waals surface area (Å²) < 4.78 is 5.72. The van der Waals surface area contributed by atoms with Gasteiger partial charge in [0.2, 0.25) is 5.91 Å². The molecular weight excluding hydrogens is 252 g/mol. The van der Waals surface area contributed by atoms with Gasteiger partial charge in [0.15, 0.2) is 0 Å². The summed E-state index contributed by atoms with van der Waals surface area (Å²) in [5.41, 5.74) is 7.49. The van der Waals surface area contributed by atoms with Gasteiger partial charge in [-0.3, -0.25) is 4.79 Å². The second kappa shape index (κ2) is 5.09. The number of anilines is 1. The van der Waals surface area contributed by atoms with E-state index in [1.54, 1.807) is 12.1 Å². The summed E-state index contributed by atoms with van der Waals surface area (Å²) in [5, 5.41) is 4.33. The molecule has 0 atom stereocenters. The zero-order valence-corrected chi connectivity index (χ0v) is 10.8. The predicted octanol–water partition coefficient (Wildman–Crippen LogP) is 3.14. The fourth-order valence-corrected chi connectivity index (χ4v) is 2.07. The first-order valence-corrected chi connectivity index (χ1v) is 6.33. The van der Waals surface area contributed by atoms with Gasteiger partial charge in [-0.15, -0.1) is 0 Å². The molecule has 1 amide bonds. The van der Waals surface area contributed by atoms with Gasteiger partial charge in [0.1, 0.15) is 11.3 Å². The first-order chi connectivity index (χ1) is 9.72. The first-order valence-electron chi connectivity index (χ1n) is 6.33. The molecule has 4 nitrogen and oxygen atoms in total. The highest BCUT2D eigenvalue weighted by Gasteiger charge is 2.03. The van der Waals surface area contributed by atoms with E-state index in [1.165, 1.54) is 0 Å². The Kier molecular flexibility index (Phi) is 3.13. The third-order valence-electron chi connectivity index (χ3n) is 3.11. The standard InChI is InChI=1S/C16H14N2O2/c17-16(19)11-5-7-13(8-6-11)18-10-14-9-12-3-1-2-4-15(12)20-14/h1-9,18H,10H2,(H2,17,19). The topological polar surface area (TPSA) is 68.3 Å². The second-order valence-electron chi connectivity index (χ2n) is 4.55. The van der Waals surface area contributed by atoms with E-state index in [2.05, 4.69) is 5.32 Å². The van der Waals surface area contributed by atoms with Crippen LogP contribution in [0, 0.1) is 0 Å². The van der Waals surface area contributed by atoms with E-state index in [1.807, 2.05) is 42.5 Å². The fourth-order valence-electron chi connectivity index (χ4n) is 2.07. The summed E-state index contributed by atoms with van der Waals surface area (Å²) in [4.78, 5) is 11.0. The highest BCUT2D eigenvalue weighted by atomic mass is 16.3. The zero-order chi connectivity index (χ0) is 13.9. The van der Waals surface area contributed by atoms with Crippen molar-refractivity contribution in [3.8, 4) is 0 Å². The van der Waals surface area contributed by atoms with Gasteiger partial charge in [-0.05, 0) is 36.4 Å². The number of para-hydroxylation sites is 1. The third kappa shape index (κ3) is 2.49. The van der Waals surface area contributed by atoms with Gasteiger partial charge in [0, 0.05) is 16.6 Å². The molecule has 0 spiro atoms. The molecule has 1 aromatic heterocycles. The van der Waals surface area contributed by atoms with Crippen LogP contribution < -0.4 is 11.1 Å². The lowest BCUT2D eigenvalue weighted by Crippen LogP contribution is -2.10. The minimum Gasteiger partial charge on any atom is -0.459 e. The maximum atomic E-state index is 11.0. The van der Waals surface area contributed by atoms with Gasteiger partial charge in [-0.25, -0.2) is 0 Å². The number of nitrogens with two attached hydrogens (primary N) is 1. The van der Waals surface area contributed by atoms with E-state index in [4.69, 9.17) is 10.2 Å². The van der Waals surface area contributed by atoms with Crippen LogP contribution in [-0.2, 0) is 6.54 Å². The number of benzene rings is 2. The molecule has 3 N–H and O–H groups in total. The number of fused-ring (bicyclic) bond motifs is 1. The molecule has 100 valence electrons. The van der Waals surface area contributed by atoms with Crippen molar-refractivity contribution in [1.82, 2.24) is 0 Å². The van der Waals surface area contributed by atoms with Crippen molar-refractivity contribution in [2.24, 2.45) is 5.73 Å². The Morgan fingerprint density at radius 3 is 2.55 bits per heavy atom. The average molecular weight is 266 g/mol. The molecule has 0 bridgehead atoms. The van der Waals surface area contributed by atoms with Crippen LogP contribution in [0.5, 0.6) is 0 Å². The molecule has 3 aromatic rings. The van der Waals surface area contributed by atoms with Crippen molar-refractivity contribution in [2.45, 2.75) is 6.54 Å². The molecule has 0 aliphatic heterocycles. The van der Waals surface area contributed by atoms with Crippen LogP contribution in [0.4, 0.5) is 5.69 Å². The lowest BCUT2D eigenvalue weighted by Gasteiger charge is -2.04. The highest BCUT2D eigenvalue weighted by Crippen LogP contribution is 2.19. The largest absolute Gasteiger partial charge is 0.459 e. The maximum absolute atomic E-state index is 11.0. The molecule has 0 saturated heterocycles. The molecule has 2 aromatic carbocycles.